The lowest BCUT2D eigenvalue weighted by atomic mass is 9.86. The number of carbonyl (C=O) groups is 1. The molecule has 1 saturated carbocycles. The van der Waals surface area contributed by atoms with E-state index in [0.29, 0.717) is 17.3 Å². The van der Waals surface area contributed by atoms with Crippen LogP contribution >= 0.6 is 0 Å². The van der Waals surface area contributed by atoms with Crippen molar-refractivity contribution in [1.29, 1.82) is 0 Å². The summed E-state index contributed by atoms with van der Waals surface area (Å²) in [5.41, 5.74) is 3.04. The zero-order valence-electron chi connectivity index (χ0n) is 10.6. The SMILES string of the molecule is CC1CCCCC1NC(=O)c1ccnc(NN)c1. The minimum atomic E-state index is -0.0485. The van der Waals surface area contributed by atoms with Crippen molar-refractivity contribution in [2.45, 2.75) is 38.6 Å². The number of hydrogen-bond donors (Lipinski definition) is 3. The van der Waals surface area contributed by atoms with Crippen LogP contribution in [-0.4, -0.2) is 16.9 Å². The Morgan fingerprint density at radius 2 is 2.22 bits per heavy atom. The topological polar surface area (TPSA) is 80.0 Å². The van der Waals surface area contributed by atoms with Gasteiger partial charge in [0, 0.05) is 17.8 Å². The summed E-state index contributed by atoms with van der Waals surface area (Å²) in [6.07, 6.45) is 6.30. The molecule has 1 aromatic heterocycles. The van der Waals surface area contributed by atoms with Crippen molar-refractivity contribution in [3.63, 3.8) is 0 Å². The van der Waals surface area contributed by atoms with Crippen molar-refractivity contribution in [1.82, 2.24) is 10.3 Å². The van der Waals surface area contributed by atoms with Crippen molar-refractivity contribution in [3.8, 4) is 0 Å². The number of hydrogen-bond acceptors (Lipinski definition) is 4. The van der Waals surface area contributed by atoms with Gasteiger partial charge < -0.3 is 10.7 Å². The van der Waals surface area contributed by atoms with Gasteiger partial charge in [0.1, 0.15) is 5.82 Å². The molecule has 5 heteroatoms. The van der Waals surface area contributed by atoms with Crippen LogP contribution in [0.5, 0.6) is 0 Å². The Morgan fingerprint density at radius 1 is 1.44 bits per heavy atom. The normalized spacial score (nSPS) is 23.4. The van der Waals surface area contributed by atoms with Gasteiger partial charge in [0.25, 0.3) is 5.91 Å². The molecule has 0 spiro atoms. The fourth-order valence-corrected chi connectivity index (χ4v) is 2.43. The molecule has 1 fully saturated rings. The van der Waals surface area contributed by atoms with E-state index < -0.39 is 0 Å². The maximum atomic E-state index is 12.1. The third-order valence-corrected chi connectivity index (χ3v) is 3.60. The number of aromatic nitrogens is 1. The second kappa shape index (κ2) is 5.82. The quantitative estimate of drug-likeness (QED) is 0.561. The summed E-state index contributed by atoms with van der Waals surface area (Å²) in [6.45, 7) is 2.20. The maximum Gasteiger partial charge on any atom is 0.251 e. The summed E-state index contributed by atoms with van der Waals surface area (Å²) in [4.78, 5) is 16.1. The summed E-state index contributed by atoms with van der Waals surface area (Å²) in [5, 5.41) is 3.10. The summed E-state index contributed by atoms with van der Waals surface area (Å²) < 4.78 is 0. The predicted molar refractivity (Wildman–Crippen MR) is 70.9 cm³/mol. The van der Waals surface area contributed by atoms with E-state index in [2.05, 4.69) is 22.7 Å². The minimum absolute atomic E-state index is 0.0485. The van der Waals surface area contributed by atoms with Gasteiger partial charge in [-0.25, -0.2) is 10.8 Å². The van der Waals surface area contributed by atoms with Gasteiger partial charge in [-0.3, -0.25) is 4.79 Å². The fraction of sp³-hybridized carbons (Fsp3) is 0.538. The number of pyridine rings is 1. The highest BCUT2D eigenvalue weighted by Crippen LogP contribution is 2.24. The Balaban J connectivity index is 2.02. The molecule has 0 radical (unpaired) electrons. The Bertz CT molecular complexity index is 421. The molecule has 2 rings (SSSR count). The van der Waals surface area contributed by atoms with Gasteiger partial charge in [-0.2, -0.15) is 0 Å². The van der Waals surface area contributed by atoms with Gasteiger partial charge in [0.15, 0.2) is 0 Å². The van der Waals surface area contributed by atoms with Crippen molar-refractivity contribution < 1.29 is 4.79 Å². The lowest BCUT2D eigenvalue weighted by Gasteiger charge is -2.29. The molecule has 1 aromatic rings. The molecule has 1 aliphatic carbocycles. The number of carbonyl (C=O) groups excluding carboxylic acids is 1. The van der Waals surface area contributed by atoms with E-state index >= 15 is 0 Å². The van der Waals surface area contributed by atoms with Crippen LogP contribution in [0.15, 0.2) is 18.3 Å². The average Bonchev–Trinajstić information content (AvgIpc) is 2.41. The Labute approximate surface area is 107 Å². The third-order valence-electron chi connectivity index (χ3n) is 3.60. The van der Waals surface area contributed by atoms with Crippen LogP contribution in [0.3, 0.4) is 0 Å². The highest BCUT2D eigenvalue weighted by atomic mass is 16.1. The monoisotopic (exact) mass is 248 g/mol. The molecular formula is C13H20N4O. The summed E-state index contributed by atoms with van der Waals surface area (Å²) >= 11 is 0. The van der Waals surface area contributed by atoms with Gasteiger partial charge in [0.2, 0.25) is 0 Å². The molecule has 0 saturated heterocycles. The molecule has 1 heterocycles. The van der Waals surface area contributed by atoms with Gasteiger partial charge in [-0.15, -0.1) is 0 Å². The van der Waals surface area contributed by atoms with Crippen molar-refractivity contribution in [2.24, 2.45) is 11.8 Å². The first-order valence-corrected chi connectivity index (χ1v) is 6.44. The molecule has 0 bridgehead atoms. The molecule has 18 heavy (non-hydrogen) atoms. The van der Waals surface area contributed by atoms with Gasteiger partial charge in [0.05, 0.1) is 0 Å². The summed E-state index contributed by atoms with van der Waals surface area (Å²) in [5.74, 6) is 6.28. The van der Waals surface area contributed by atoms with Crippen LogP contribution in [0, 0.1) is 5.92 Å². The van der Waals surface area contributed by atoms with Crippen molar-refractivity contribution in [3.05, 3.63) is 23.9 Å². The highest BCUT2D eigenvalue weighted by Gasteiger charge is 2.23. The lowest BCUT2D eigenvalue weighted by molar-refractivity contribution is 0.0910. The second-order valence-electron chi connectivity index (χ2n) is 4.92. The molecule has 98 valence electrons. The van der Waals surface area contributed by atoms with Crippen molar-refractivity contribution >= 4 is 11.7 Å². The van der Waals surface area contributed by atoms with E-state index in [0.717, 1.165) is 6.42 Å². The number of amides is 1. The Kier molecular flexibility index (Phi) is 4.15. The van der Waals surface area contributed by atoms with Gasteiger partial charge >= 0.3 is 0 Å². The van der Waals surface area contributed by atoms with Crippen LogP contribution in [0.25, 0.3) is 0 Å². The third kappa shape index (κ3) is 2.98. The number of nitrogens with zero attached hydrogens (tertiary/aromatic N) is 1. The van der Waals surface area contributed by atoms with Crippen molar-refractivity contribution in [2.75, 3.05) is 5.43 Å². The lowest BCUT2D eigenvalue weighted by Crippen LogP contribution is -2.41. The van der Waals surface area contributed by atoms with Gasteiger partial charge in [-0.05, 0) is 30.9 Å². The average molecular weight is 248 g/mol. The number of nitrogens with two attached hydrogens (primary N) is 1. The van der Waals surface area contributed by atoms with E-state index in [9.17, 15) is 4.79 Å². The van der Waals surface area contributed by atoms with Crippen LogP contribution < -0.4 is 16.6 Å². The number of hydrazine groups is 1. The van der Waals surface area contributed by atoms with Crippen LogP contribution in [0.1, 0.15) is 43.0 Å². The van der Waals surface area contributed by atoms with E-state index in [1.165, 1.54) is 19.3 Å². The molecule has 0 aromatic carbocycles. The largest absolute Gasteiger partial charge is 0.349 e. The van der Waals surface area contributed by atoms with E-state index in [1.54, 1.807) is 18.3 Å². The smallest absolute Gasteiger partial charge is 0.251 e. The zero-order valence-corrected chi connectivity index (χ0v) is 10.6. The second-order valence-corrected chi connectivity index (χ2v) is 4.92. The highest BCUT2D eigenvalue weighted by molar-refractivity contribution is 5.95. The molecule has 2 unspecified atom stereocenters. The molecule has 1 amide bonds. The summed E-state index contributed by atoms with van der Waals surface area (Å²) in [6, 6.07) is 3.64. The molecule has 1 aliphatic rings. The zero-order chi connectivity index (χ0) is 13.0. The predicted octanol–water partition coefficient (Wildman–Crippen LogP) is 1.68. The van der Waals surface area contributed by atoms with E-state index in [-0.39, 0.29) is 11.9 Å². The number of nitrogen functional groups attached to an aromatic ring is 1. The number of anilines is 1. The van der Waals surface area contributed by atoms with Gasteiger partial charge in [-0.1, -0.05) is 19.8 Å². The molecule has 4 N–H and O–H groups in total. The molecular weight excluding hydrogens is 228 g/mol. The first-order chi connectivity index (χ1) is 8.70. The Hall–Kier alpha value is -1.62. The first-order valence-electron chi connectivity index (χ1n) is 6.44. The van der Waals surface area contributed by atoms with E-state index in [4.69, 9.17) is 5.84 Å². The van der Waals surface area contributed by atoms with Crippen LogP contribution in [-0.2, 0) is 0 Å². The molecule has 2 atom stereocenters. The number of rotatable bonds is 3. The van der Waals surface area contributed by atoms with Crippen LogP contribution in [0.4, 0.5) is 5.82 Å². The fourth-order valence-electron chi connectivity index (χ4n) is 2.43. The first kappa shape index (κ1) is 12.8. The number of nitrogens with one attached hydrogen (secondary N) is 2. The van der Waals surface area contributed by atoms with Crippen LogP contribution in [0.2, 0.25) is 0 Å². The summed E-state index contributed by atoms with van der Waals surface area (Å²) in [7, 11) is 0. The molecule has 5 nitrogen and oxygen atoms in total. The van der Waals surface area contributed by atoms with E-state index in [1.807, 2.05) is 0 Å². The molecule has 0 aliphatic heterocycles. The standard InChI is InChI=1S/C13H20N4O/c1-9-4-2-3-5-11(9)16-13(18)10-6-7-15-12(8-10)17-14/h6-9,11H,2-5,14H2,1H3,(H,15,17)(H,16,18). The maximum absolute atomic E-state index is 12.1. The Morgan fingerprint density at radius 3 is 2.94 bits per heavy atom. The minimum Gasteiger partial charge on any atom is -0.349 e.